The van der Waals surface area contributed by atoms with E-state index in [1.54, 1.807) is 20.2 Å². The van der Waals surface area contributed by atoms with E-state index in [-0.39, 0.29) is 6.61 Å². The lowest BCUT2D eigenvalue weighted by molar-refractivity contribution is -0.145. The fourth-order valence-corrected chi connectivity index (χ4v) is 3.79. The predicted octanol–water partition coefficient (Wildman–Crippen LogP) is 3.83. The van der Waals surface area contributed by atoms with Crippen LogP contribution < -0.4 is 14.4 Å². The molecule has 0 aliphatic carbocycles. The van der Waals surface area contributed by atoms with Crippen LogP contribution in [0.4, 0.5) is 11.4 Å². The molecule has 0 bridgehead atoms. The van der Waals surface area contributed by atoms with Gasteiger partial charge in [0.05, 0.1) is 36.2 Å². The SMILES string of the molecule is CCOC(=O)COc1c(I)cc(C=Nc2ccc(N3CCOCC3)cc2)cc1OC. The second kappa shape index (κ2) is 11.2. The van der Waals surface area contributed by atoms with Gasteiger partial charge < -0.3 is 23.8 Å². The van der Waals surface area contributed by atoms with Crippen LogP contribution in [0.25, 0.3) is 0 Å². The molecule has 1 saturated heterocycles. The summed E-state index contributed by atoms with van der Waals surface area (Å²) in [5.41, 5.74) is 2.91. The van der Waals surface area contributed by atoms with E-state index in [4.69, 9.17) is 18.9 Å². The van der Waals surface area contributed by atoms with E-state index in [1.807, 2.05) is 24.3 Å². The molecular formula is C22H25IN2O5. The highest BCUT2D eigenvalue weighted by atomic mass is 127. The Bertz CT molecular complexity index is 880. The molecule has 1 heterocycles. The van der Waals surface area contributed by atoms with Crippen LogP contribution in [0.1, 0.15) is 12.5 Å². The zero-order chi connectivity index (χ0) is 21.3. The lowest BCUT2D eigenvalue weighted by Gasteiger charge is -2.28. The zero-order valence-corrected chi connectivity index (χ0v) is 19.3. The van der Waals surface area contributed by atoms with Crippen molar-refractivity contribution in [1.29, 1.82) is 0 Å². The van der Waals surface area contributed by atoms with Gasteiger partial charge in [-0.15, -0.1) is 0 Å². The van der Waals surface area contributed by atoms with Crippen LogP contribution in [-0.4, -0.2) is 58.8 Å². The predicted molar refractivity (Wildman–Crippen MR) is 125 cm³/mol. The van der Waals surface area contributed by atoms with Crippen molar-refractivity contribution in [2.75, 3.05) is 51.5 Å². The Morgan fingerprint density at radius 2 is 1.97 bits per heavy atom. The molecule has 30 heavy (non-hydrogen) atoms. The summed E-state index contributed by atoms with van der Waals surface area (Å²) in [6, 6.07) is 11.9. The van der Waals surface area contributed by atoms with Crippen molar-refractivity contribution in [2.24, 2.45) is 4.99 Å². The summed E-state index contributed by atoms with van der Waals surface area (Å²) in [6.07, 6.45) is 1.78. The number of halogens is 1. The molecule has 160 valence electrons. The maximum atomic E-state index is 11.6. The third kappa shape index (κ3) is 6.09. The number of esters is 1. The lowest BCUT2D eigenvalue weighted by atomic mass is 10.2. The summed E-state index contributed by atoms with van der Waals surface area (Å²) in [5, 5.41) is 0. The van der Waals surface area contributed by atoms with Crippen LogP contribution in [0.3, 0.4) is 0 Å². The number of hydrogen-bond donors (Lipinski definition) is 0. The van der Waals surface area contributed by atoms with E-state index in [0.29, 0.717) is 18.1 Å². The molecule has 2 aromatic carbocycles. The van der Waals surface area contributed by atoms with Gasteiger partial charge in [-0.3, -0.25) is 4.99 Å². The van der Waals surface area contributed by atoms with Crippen molar-refractivity contribution in [2.45, 2.75) is 6.92 Å². The van der Waals surface area contributed by atoms with Crippen LogP contribution in [-0.2, 0) is 14.3 Å². The molecule has 7 nitrogen and oxygen atoms in total. The maximum Gasteiger partial charge on any atom is 0.344 e. The first-order valence-electron chi connectivity index (χ1n) is 9.73. The summed E-state index contributed by atoms with van der Waals surface area (Å²) in [7, 11) is 1.56. The quantitative estimate of drug-likeness (QED) is 0.297. The third-order valence-corrected chi connectivity index (χ3v) is 5.28. The second-order valence-corrected chi connectivity index (χ2v) is 7.66. The molecule has 0 atom stereocenters. The Morgan fingerprint density at radius 3 is 2.63 bits per heavy atom. The van der Waals surface area contributed by atoms with Crippen LogP contribution in [0, 0.1) is 3.57 Å². The molecule has 0 N–H and O–H groups in total. The number of ether oxygens (including phenoxy) is 4. The van der Waals surface area contributed by atoms with Crippen molar-refractivity contribution in [3.63, 3.8) is 0 Å². The van der Waals surface area contributed by atoms with Crippen LogP contribution >= 0.6 is 22.6 Å². The summed E-state index contributed by atoms with van der Waals surface area (Å²) in [4.78, 5) is 18.4. The first kappa shape index (κ1) is 22.4. The number of aliphatic imine (C=N–C) groups is 1. The number of carbonyl (C=O) groups is 1. The number of morpholine rings is 1. The first-order chi connectivity index (χ1) is 14.6. The van der Waals surface area contributed by atoms with Crippen LogP contribution in [0.5, 0.6) is 11.5 Å². The standard InChI is InChI=1S/C22H25IN2O5/c1-3-29-21(26)15-30-22-19(23)12-16(13-20(22)27-2)14-24-17-4-6-18(7-5-17)25-8-10-28-11-9-25/h4-7,12-14H,3,8-11,15H2,1-2H3. The van der Waals surface area contributed by atoms with E-state index in [2.05, 4.69) is 44.6 Å². The molecule has 0 amide bonds. The topological polar surface area (TPSA) is 69.6 Å². The molecule has 1 aliphatic heterocycles. The van der Waals surface area contributed by atoms with Gasteiger partial charge in [0, 0.05) is 25.0 Å². The average molecular weight is 524 g/mol. The fourth-order valence-electron chi connectivity index (χ4n) is 3.01. The largest absolute Gasteiger partial charge is 0.493 e. The zero-order valence-electron chi connectivity index (χ0n) is 17.1. The summed E-state index contributed by atoms with van der Waals surface area (Å²) < 4.78 is 22.1. The van der Waals surface area contributed by atoms with E-state index in [0.717, 1.165) is 41.1 Å². The molecule has 0 spiro atoms. The number of benzene rings is 2. The summed E-state index contributed by atoms with van der Waals surface area (Å²) in [5.74, 6) is 0.634. The minimum absolute atomic E-state index is 0.164. The minimum Gasteiger partial charge on any atom is -0.493 e. The highest BCUT2D eigenvalue weighted by Crippen LogP contribution is 2.33. The first-order valence-corrected chi connectivity index (χ1v) is 10.8. The Hall–Kier alpha value is -2.33. The monoisotopic (exact) mass is 524 g/mol. The van der Waals surface area contributed by atoms with Crippen LogP contribution in [0.2, 0.25) is 0 Å². The lowest BCUT2D eigenvalue weighted by Crippen LogP contribution is -2.36. The Balaban J connectivity index is 1.69. The van der Waals surface area contributed by atoms with Gasteiger partial charge >= 0.3 is 5.97 Å². The third-order valence-electron chi connectivity index (χ3n) is 4.48. The van der Waals surface area contributed by atoms with Crippen molar-refractivity contribution in [3.8, 4) is 11.5 Å². The van der Waals surface area contributed by atoms with E-state index < -0.39 is 5.97 Å². The van der Waals surface area contributed by atoms with Gasteiger partial charge in [-0.2, -0.15) is 0 Å². The van der Waals surface area contributed by atoms with E-state index in [1.165, 1.54) is 5.69 Å². The molecule has 3 rings (SSSR count). The minimum atomic E-state index is -0.415. The molecule has 2 aromatic rings. The van der Waals surface area contributed by atoms with Crippen LogP contribution in [0.15, 0.2) is 41.4 Å². The molecular weight excluding hydrogens is 499 g/mol. The molecule has 0 saturated carbocycles. The van der Waals surface area contributed by atoms with Gasteiger partial charge in [0.15, 0.2) is 18.1 Å². The molecule has 8 heteroatoms. The highest BCUT2D eigenvalue weighted by molar-refractivity contribution is 14.1. The Labute approximate surface area is 190 Å². The van der Waals surface area contributed by atoms with Gasteiger partial charge in [0.25, 0.3) is 0 Å². The van der Waals surface area contributed by atoms with Gasteiger partial charge in [-0.1, -0.05) is 0 Å². The number of hydrogen-bond acceptors (Lipinski definition) is 7. The number of rotatable bonds is 8. The van der Waals surface area contributed by atoms with Crippen molar-refractivity contribution >= 4 is 46.1 Å². The van der Waals surface area contributed by atoms with Gasteiger partial charge in [-0.05, 0) is 71.5 Å². The summed E-state index contributed by atoms with van der Waals surface area (Å²) >= 11 is 2.15. The van der Waals surface area contributed by atoms with Gasteiger partial charge in [0.2, 0.25) is 0 Å². The van der Waals surface area contributed by atoms with Crippen molar-refractivity contribution < 1.29 is 23.7 Å². The Kier molecular flexibility index (Phi) is 8.32. The molecule has 1 fully saturated rings. The molecule has 1 aliphatic rings. The van der Waals surface area contributed by atoms with Crippen molar-refractivity contribution in [1.82, 2.24) is 0 Å². The maximum absolute atomic E-state index is 11.6. The number of nitrogens with zero attached hydrogens (tertiary/aromatic N) is 2. The second-order valence-electron chi connectivity index (χ2n) is 6.50. The average Bonchev–Trinajstić information content (AvgIpc) is 2.77. The van der Waals surface area contributed by atoms with E-state index >= 15 is 0 Å². The Morgan fingerprint density at radius 1 is 1.23 bits per heavy atom. The molecule has 0 unspecified atom stereocenters. The number of anilines is 1. The van der Waals surface area contributed by atoms with Gasteiger partial charge in [0.1, 0.15) is 0 Å². The fraction of sp³-hybridized carbons (Fsp3) is 0.364. The van der Waals surface area contributed by atoms with E-state index in [9.17, 15) is 4.79 Å². The molecule has 0 aromatic heterocycles. The van der Waals surface area contributed by atoms with Crippen molar-refractivity contribution in [3.05, 3.63) is 45.5 Å². The number of methoxy groups -OCH3 is 1. The van der Waals surface area contributed by atoms with Gasteiger partial charge in [-0.25, -0.2) is 4.79 Å². The normalized spacial score (nSPS) is 14.0. The summed E-state index contributed by atoms with van der Waals surface area (Å²) in [6.45, 7) is 5.26. The number of carbonyl (C=O) groups excluding carboxylic acids is 1. The smallest absolute Gasteiger partial charge is 0.344 e. The molecule has 0 radical (unpaired) electrons. The highest BCUT2D eigenvalue weighted by Gasteiger charge is 2.14.